The molecule has 1 aromatic rings. The van der Waals surface area contributed by atoms with Crippen molar-refractivity contribution in [1.29, 1.82) is 0 Å². The Morgan fingerprint density at radius 2 is 1.54 bits per heavy atom. The van der Waals surface area contributed by atoms with Crippen LogP contribution >= 0.6 is 0 Å². The van der Waals surface area contributed by atoms with Crippen LogP contribution in [0.5, 0.6) is 11.5 Å². The van der Waals surface area contributed by atoms with Crippen molar-refractivity contribution in [3.63, 3.8) is 0 Å². The molecule has 4 rings (SSSR count). The van der Waals surface area contributed by atoms with Crippen molar-refractivity contribution in [1.82, 2.24) is 9.80 Å². The summed E-state index contributed by atoms with van der Waals surface area (Å²) >= 11 is 0. The maximum Gasteiger partial charge on any atom is 0.160 e. The molecule has 26 heavy (non-hydrogen) atoms. The van der Waals surface area contributed by atoms with Crippen LogP contribution in [0.2, 0.25) is 0 Å². The van der Waals surface area contributed by atoms with Crippen LogP contribution in [0.4, 0.5) is 0 Å². The fraction of sp³-hybridized carbons (Fsp3) is 0.727. The molecule has 0 amide bonds. The van der Waals surface area contributed by atoms with Crippen molar-refractivity contribution in [2.24, 2.45) is 5.92 Å². The Bertz CT molecular complexity index is 528. The smallest absolute Gasteiger partial charge is 0.160 e. The van der Waals surface area contributed by atoms with Gasteiger partial charge in [0, 0.05) is 13.5 Å². The zero-order chi connectivity index (χ0) is 18.4. The van der Waals surface area contributed by atoms with Crippen LogP contribution in [0.15, 0.2) is 24.3 Å². The van der Waals surface area contributed by atoms with Gasteiger partial charge in [-0.3, -0.25) is 0 Å². The molecule has 2 heterocycles. The highest BCUT2D eigenvalue weighted by atomic mass is 16.5. The molecule has 1 aromatic carbocycles. The van der Waals surface area contributed by atoms with E-state index in [-0.39, 0.29) is 1.43 Å². The highest BCUT2D eigenvalue weighted by Gasteiger charge is 2.38. The second kappa shape index (κ2) is 9.61. The molecule has 4 heteroatoms. The molecular formula is C22H38N2O2. The van der Waals surface area contributed by atoms with Crippen LogP contribution in [0.25, 0.3) is 0 Å². The van der Waals surface area contributed by atoms with Gasteiger partial charge in [0.15, 0.2) is 11.5 Å². The number of para-hydroxylation sites is 2. The second-order valence-corrected chi connectivity index (χ2v) is 8.02. The normalized spacial score (nSPS) is 29.4. The monoisotopic (exact) mass is 362 g/mol. The minimum atomic E-state index is 0. The molecule has 2 saturated heterocycles. The fourth-order valence-electron chi connectivity index (χ4n) is 5.00. The third-order valence-corrected chi connectivity index (χ3v) is 6.54. The summed E-state index contributed by atoms with van der Waals surface area (Å²) in [6.07, 6.45) is 10.3. The molecule has 3 atom stereocenters. The summed E-state index contributed by atoms with van der Waals surface area (Å²) in [5, 5.41) is 0. The van der Waals surface area contributed by atoms with Gasteiger partial charge in [0.2, 0.25) is 0 Å². The number of likely N-dealkylation sites (tertiary alicyclic amines) is 2. The number of methoxy groups -OCH3 is 2. The highest BCUT2D eigenvalue weighted by molar-refractivity contribution is 5.39. The van der Waals surface area contributed by atoms with Gasteiger partial charge in [-0.15, -0.1) is 0 Å². The first-order valence-corrected chi connectivity index (χ1v) is 10.3. The number of nitrogens with zero attached hydrogens (tertiary/aromatic N) is 2. The number of hydrogen-bond donors (Lipinski definition) is 0. The van der Waals surface area contributed by atoms with Crippen molar-refractivity contribution >= 4 is 0 Å². The average Bonchev–Trinajstić information content (AvgIpc) is 3.09. The quantitative estimate of drug-likeness (QED) is 0.801. The van der Waals surface area contributed by atoms with E-state index in [1.807, 2.05) is 24.3 Å². The Hall–Kier alpha value is -1.26. The van der Waals surface area contributed by atoms with Crippen molar-refractivity contribution in [2.45, 2.75) is 57.0 Å². The fourth-order valence-corrected chi connectivity index (χ4v) is 5.00. The molecule has 0 N–H and O–H groups in total. The number of benzene rings is 1. The van der Waals surface area contributed by atoms with Crippen LogP contribution in [0, 0.1) is 5.92 Å². The molecule has 3 fully saturated rings. The minimum Gasteiger partial charge on any atom is -0.493 e. The van der Waals surface area contributed by atoms with E-state index in [9.17, 15) is 0 Å². The molecule has 1 aliphatic carbocycles. The van der Waals surface area contributed by atoms with E-state index in [0.717, 1.165) is 29.5 Å². The summed E-state index contributed by atoms with van der Waals surface area (Å²) in [6.45, 7) is 4.11. The Morgan fingerprint density at radius 3 is 2.15 bits per heavy atom. The predicted octanol–water partition coefficient (Wildman–Crippen LogP) is 4.29. The van der Waals surface area contributed by atoms with Gasteiger partial charge in [-0.25, -0.2) is 0 Å². The Kier molecular flexibility index (Phi) is 7.21. The average molecular weight is 363 g/mol. The summed E-state index contributed by atoms with van der Waals surface area (Å²) in [4.78, 5) is 5.42. The van der Waals surface area contributed by atoms with E-state index in [1.165, 1.54) is 64.6 Å². The van der Waals surface area contributed by atoms with E-state index >= 15 is 0 Å². The summed E-state index contributed by atoms with van der Waals surface area (Å²) in [5.41, 5.74) is 0. The SMILES string of the molecule is CN1CCC2CC[C@@H](N3CCCCC3)CC21.COc1ccccc1OC.[HH]. The van der Waals surface area contributed by atoms with Crippen LogP contribution < -0.4 is 9.47 Å². The molecular weight excluding hydrogens is 324 g/mol. The third-order valence-electron chi connectivity index (χ3n) is 6.54. The Balaban J connectivity index is 0.000000208. The molecule has 2 aliphatic heterocycles. The first-order chi connectivity index (χ1) is 12.7. The minimum absolute atomic E-state index is 0. The zero-order valence-electron chi connectivity index (χ0n) is 16.8. The Labute approximate surface area is 160 Å². The summed E-state index contributed by atoms with van der Waals surface area (Å²) < 4.78 is 10.0. The molecule has 1 saturated carbocycles. The largest absolute Gasteiger partial charge is 0.493 e. The number of rotatable bonds is 3. The van der Waals surface area contributed by atoms with E-state index < -0.39 is 0 Å². The van der Waals surface area contributed by atoms with Crippen LogP contribution in [0.3, 0.4) is 0 Å². The van der Waals surface area contributed by atoms with Gasteiger partial charge in [-0.05, 0) is 83.3 Å². The second-order valence-electron chi connectivity index (χ2n) is 8.02. The maximum atomic E-state index is 5.01. The topological polar surface area (TPSA) is 24.9 Å². The predicted molar refractivity (Wildman–Crippen MR) is 109 cm³/mol. The number of piperidine rings is 1. The Morgan fingerprint density at radius 1 is 0.885 bits per heavy atom. The first-order valence-electron chi connectivity index (χ1n) is 10.3. The molecule has 4 nitrogen and oxygen atoms in total. The van der Waals surface area contributed by atoms with Gasteiger partial charge in [-0.2, -0.15) is 0 Å². The standard InChI is InChI=1S/C14H26N2.C8H10O2.H2/c1-15-10-7-12-5-6-13(11-14(12)15)16-8-3-2-4-9-16;1-9-7-5-3-4-6-8(7)10-2;/h12-14H,2-11H2,1H3;3-6H,1-2H3;1H/t12?,13-,14?;;/m1../s1. The zero-order valence-corrected chi connectivity index (χ0v) is 16.8. The molecule has 0 bridgehead atoms. The first kappa shape index (κ1) is 19.5. The highest BCUT2D eigenvalue weighted by Crippen LogP contribution is 2.37. The van der Waals surface area contributed by atoms with Gasteiger partial charge in [-0.1, -0.05) is 18.6 Å². The van der Waals surface area contributed by atoms with Gasteiger partial charge < -0.3 is 19.3 Å². The lowest BCUT2D eigenvalue weighted by Gasteiger charge is -2.42. The van der Waals surface area contributed by atoms with Gasteiger partial charge >= 0.3 is 0 Å². The van der Waals surface area contributed by atoms with Gasteiger partial charge in [0.1, 0.15) is 0 Å². The van der Waals surface area contributed by atoms with Crippen LogP contribution in [-0.2, 0) is 0 Å². The molecule has 148 valence electrons. The summed E-state index contributed by atoms with van der Waals surface area (Å²) in [7, 11) is 5.58. The lowest BCUT2D eigenvalue weighted by Crippen LogP contribution is -2.46. The summed E-state index contributed by atoms with van der Waals surface area (Å²) in [5.74, 6) is 2.57. The van der Waals surface area contributed by atoms with Crippen molar-refractivity contribution in [2.75, 3.05) is 40.9 Å². The molecule has 0 radical (unpaired) electrons. The molecule has 0 aromatic heterocycles. The van der Waals surface area contributed by atoms with E-state index in [1.54, 1.807) is 14.2 Å². The van der Waals surface area contributed by atoms with Crippen molar-refractivity contribution < 1.29 is 10.9 Å². The number of hydrogen-bond acceptors (Lipinski definition) is 4. The van der Waals surface area contributed by atoms with Crippen LogP contribution in [-0.4, -0.2) is 62.8 Å². The molecule has 0 spiro atoms. The molecule has 2 unspecified atom stereocenters. The van der Waals surface area contributed by atoms with Crippen molar-refractivity contribution in [3.8, 4) is 11.5 Å². The number of fused-ring (bicyclic) bond motifs is 1. The lowest BCUT2D eigenvalue weighted by molar-refractivity contribution is 0.0831. The summed E-state index contributed by atoms with van der Waals surface area (Å²) in [6, 6.07) is 9.36. The lowest BCUT2D eigenvalue weighted by atomic mass is 9.81. The van der Waals surface area contributed by atoms with E-state index in [2.05, 4.69) is 16.8 Å². The van der Waals surface area contributed by atoms with E-state index in [0.29, 0.717) is 0 Å². The number of ether oxygens (including phenoxy) is 2. The van der Waals surface area contributed by atoms with Crippen molar-refractivity contribution in [3.05, 3.63) is 24.3 Å². The van der Waals surface area contributed by atoms with E-state index in [4.69, 9.17) is 9.47 Å². The van der Waals surface area contributed by atoms with Gasteiger partial charge in [0.05, 0.1) is 14.2 Å². The third kappa shape index (κ3) is 4.72. The molecule has 3 aliphatic rings. The van der Waals surface area contributed by atoms with Crippen LogP contribution in [0.1, 0.15) is 46.4 Å². The van der Waals surface area contributed by atoms with Gasteiger partial charge in [0.25, 0.3) is 0 Å². The maximum absolute atomic E-state index is 5.01.